The Morgan fingerprint density at radius 1 is 1.24 bits per heavy atom. The van der Waals surface area contributed by atoms with Gasteiger partial charge in [-0.15, -0.1) is 0 Å². The number of phenols is 1. The Bertz CT molecular complexity index is 756. The number of rotatable bonds is 1. The highest BCUT2D eigenvalue weighted by Crippen LogP contribution is 2.61. The first kappa shape index (κ1) is 16.6. The number of phenolic OH excluding ortho intramolecular Hbond substituents is 1. The number of Topliss-reactive ketones (excluding diaryl/α,β-unsaturated/α-hetero) is 1. The molecule has 5 nitrogen and oxygen atoms in total. The molecule has 4 rings (SSSR count). The molecule has 3 aliphatic rings. The summed E-state index contributed by atoms with van der Waals surface area (Å²) < 4.78 is 5.57. The van der Waals surface area contributed by atoms with Gasteiger partial charge in [-0.05, 0) is 54.4 Å². The summed E-state index contributed by atoms with van der Waals surface area (Å²) in [6.45, 7) is 3.30. The first-order valence-corrected chi connectivity index (χ1v) is 9.02. The number of benzene rings is 1. The highest BCUT2D eigenvalue weighted by atomic mass is 16.6. The predicted molar refractivity (Wildman–Crippen MR) is 89.8 cm³/mol. The average Bonchev–Trinajstić information content (AvgIpc) is 2.82. The Morgan fingerprint density at radius 2 is 1.96 bits per heavy atom. The average molecular weight is 344 g/mol. The molecular formula is C20H24O5. The van der Waals surface area contributed by atoms with Crippen LogP contribution in [-0.4, -0.2) is 28.1 Å². The molecule has 0 bridgehead atoms. The van der Waals surface area contributed by atoms with Crippen molar-refractivity contribution in [2.24, 2.45) is 17.3 Å². The third-order valence-corrected chi connectivity index (χ3v) is 6.84. The molecule has 2 fully saturated rings. The maximum absolute atomic E-state index is 12.6. The Labute approximate surface area is 147 Å². The molecule has 3 aliphatic carbocycles. The van der Waals surface area contributed by atoms with Crippen LogP contribution in [0.3, 0.4) is 0 Å². The standard InChI is InChI=1S/C20H24O5/c1-11(21)25-18-10-19(2)15(7-8-17(19)23)16-5-3-12-9-13(22)4-6-14(12)20(16,18)24/h4,6,9,15-16,18,22,24H,3,5,7-8,10H2,1-2H3. The number of aromatic hydroxyl groups is 1. The lowest BCUT2D eigenvalue weighted by molar-refractivity contribution is -0.214. The summed E-state index contributed by atoms with van der Waals surface area (Å²) in [5.74, 6) is -0.0943. The Balaban J connectivity index is 1.87. The monoisotopic (exact) mass is 344 g/mol. The maximum Gasteiger partial charge on any atom is 0.303 e. The molecular weight excluding hydrogens is 320 g/mol. The van der Waals surface area contributed by atoms with Gasteiger partial charge in [-0.3, -0.25) is 9.59 Å². The maximum atomic E-state index is 12.6. The fourth-order valence-electron chi connectivity index (χ4n) is 5.71. The summed E-state index contributed by atoms with van der Waals surface area (Å²) in [5.41, 5.74) is -0.217. The fraction of sp³-hybridized carbons (Fsp3) is 0.600. The van der Waals surface area contributed by atoms with Crippen molar-refractivity contribution in [3.05, 3.63) is 29.3 Å². The second-order valence-corrected chi connectivity index (χ2v) is 8.10. The van der Waals surface area contributed by atoms with E-state index in [2.05, 4.69) is 0 Å². The second-order valence-electron chi connectivity index (χ2n) is 8.10. The van der Waals surface area contributed by atoms with E-state index in [1.54, 1.807) is 18.2 Å². The fourth-order valence-corrected chi connectivity index (χ4v) is 5.71. The number of carbonyl (C=O) groups is 2. The molecule has 0 spiro atoms. The predicted octanol–water partition coefficient (Wildman–Crippen LogP) is 2.46. The molecule has 1 aromatic rings. The van der Waals surface area contributed by atoms with Crippen LogP contribution in [0.25, 0.3) is 0 Å². The number of aliphatic hydroxyl groups is 1. The first-order chi connectivity index (χ1) is 11.8. The van der Waals surface area contributed by atoms with Gasteiger partial charge in [-0.25, -0.2) is 0 Å². The minimum absolute atomic E-state index is 0.0961. The van der Waals surface area contributed by atoms with E-state index in [1.807, 2.05) is 6.92 Å². The highest BCUT2D eigenvalue weighted by molar-refractivity contribution is 5.87. The summed E-state index contributed by atoms with van der Waals surface area (Å²) >= 11 is 0. The van der Waals surface area contributed by atoms with Crippen molar-refractivity contribution in [1.82, 2.24) is 0 Å². The second kappa shape index (κ2) is 5.31. The molecule has 2 N–H and O–H groups in total. The lowest BCUT2D eigenvalue weighted by atomic mass is 9.52. The summed E-state index contributed by atoms with van der Waals surface area (Å²) in [4.78, 5) is 24.3. The van der Waals surface area contributed by atoms with Crippen LogP contribution >= 0.6 is 0 Å². The molecule has 5 unspecified atom stereocenters. The third kappa shape index (κ3) is 2.18. The highest BCUT2D eigenvalue weighted by Gasteiger charge is 2.65. The van der Waals surface area contributed by atoms with Gasteiger partial charge in [-0.2, -0.15) is 0 Å². The molecule has 134 valence electrons. The number of fused-ring (bicyclic) bond motifs is 5. The van der Waals surface area contributed by atoms with Gasteiger partial charge >= 0.3 is 5.97 Å². The van der Waals surface area contributed by atoms with Crippen LogP contribution in [0.2, 0.25) is 0 Å². The number of ketones is 1. The number of esters is 1. The van der Waals surface area contributed by atoms with Gasteiger partial charge in [0.25, 0.3) is 0 Å². The Hall–Kier alpha value is -1.88. The zero-order valence-electron chi connectivity index (χ0n) is 14.6. The van der Waals surface area contributed by atoms with E-state index >= 15 is 0 Å². The lowest BCUT2D eigenvalue weighted by Crippen LogP contribution is -2.60. The number of hydrogen-bond donors (Lipinski definition) is 2. The van der Waals surface area contributed by atoms with Crippen molar-refractivity contribution in [3.8, 4) is 5.75 Å². The molecule has 0 amide bonds. The first-order valence-electron chi connectivity index (χ1n) is 9.02. The van der Waals surface area contributed by atoms with Crippen molar-refractivity contribution in [1.29, 1.82) is 0 Å². The van der Waals surface area contributed by atoms with E-state index in [0.717, 1.165) is 30.4 Å². The molecule has 0 heterocycles. The van der Waals surface area contributed by atoms with Gasteiger partial charge in [0.15, 0.2) is 0 Å². The number of ether oxygens (including phenoxy) is 1. The van der Waals surface area contributed by atoms with Gasteiger partial charge < -0.3 is 14.9 Å². The largest absolute Gasteiger partial charge is 0.508 e. The molecule has 0 aromatic heterocycles. The van der Waals surface area contributed by atoms with E-state index in [-0.39, 0.29) is 23.4 Å². The molecule has 5 heteroatoms. The lowest BCUT2D eigenvalue weighted by Gasteiger charge is -2.56. The quantitative estimate of drug-likeness (QED) is 0.765. The van der Waals surface area contributed by atoms with Crippen molar-refractivity contribution >= 4 is 11.8 Å². The van der Waals surface area contributed by atoms with Gasteiger partial charge in [0.05, 0.1) is 0 Å². The number of hydrogen-bond acceptors (Lipinski definition) is 5. The minimum atomic E-state index is -1.30. The van der Waals surface area contributed by atoms with Crippen LogP contribution in [0.15, 0.2) is 18.2 Å². The topological polar surface area (TPSA) is 83.8 Å². The van der Waals surface area contributed by atoms with Gasteiger partial charge in [0.2, 0.25) is 0 Å². The zero-order valence-corrected chi connectivity index (χ0v) is 14.6. The number of aryl methyl sites for hydroxylation is 1. The molecule has 2 saturated carbocycles. The van der Waals surface area contributed by atoms with Crippen LogP contribution in [0.5, 0.6) is 5.75 Å². The SMILES string of the molecule is CC(=O)OC1CC2(C)C(=O)CCC2C2CCc3cc(O)ccc3C12O. The smallest absolute Gasteiger partial charge is 0.303 e. The van der Waals surface area contributed by atoms with Crippen molar-refractivity contribution in [3.63, 3.8) is 0 Å². The molecule has 5 atom stereocenters. The van der Waals surface area contributed by atoms with Crippen molar-refractivity contribution in [2.75, 3.05) is 0 Å². The van der Waals surface area contributed by atoms with Crippen LogP contribution < -0.4 is 0 Å². The van der Waals surface area contributed by atoms with E-state index in [4.69, 9.17) is 4.74 Å². The van der Waals surface area contributed by atoms with Crippen LogP contribution in [0.1, 0.15) is 50.7 Å². The summed E-state index contributed by atoms with van der Waals surface area (Å²) in [6, 6.07) is 4.99. The molecule has 0 radical (unpaired) electrons. The molecule has 25 heavy (non-hydrogen) atoms. The zero-order chi connectivity index (χ0) is 18.0. The third-order valence-electron chi connectivity index (χ3n) is 6.84. The van der Waals surface area contributed by atoms with Crippen LogP contribution in [0, 0.1) is 17.3 Å². The van der Waals surface area contributed by atoms with E-state index in [9.17, 15) is 19.8 Å². The minimum Gasteiger partial charge on any atom is -0.508 e. The van der Waals surface area contributed by atoms with Gasteiger partial charge in [0, 0.05) is 25.2 Å². The molecule has 1 aromatic carbocycles. The van der Waals surface area contributed by atoms with E-state index in [0.29, 0.717) is 12.8 Å². The number of carbonyl (C=O) groups excluding carboxylic acids is 2. The van der Waals surface area contributed by atoms with E-state index in [1.165, 1.54) is 6.92 Å². The Kier molecular flexibility index (Phi) is 3.52. The van der Waals surface area contributed by atoms with Crippen molar-refractivity contribution in [2.45, 2.75) is 57.7 Å². The molecule has 0 aliphatic heterocycles. The Morgan fingerprint density at radius 3 is 2.68 bits per heavy atom. The van der Waals surface area contributed by atoms with Crippen LogP contribution in [0.4, 0.5) is 0 Å². The normalized spacial score (nSPS) is 39.3. The summed E-state index contributed by atoms with van der Waals surface area (Å²) in [5, 5.41) is 21.6. The van der Waals surface area contributed by atoms with Crippen molar-refractivity contribution < 1.29 is 24.5 Å². The summed E-state index contributed by atoms with van der Waals surface area (Å²) in [7, 11) is 0. The summed E-state index contributed by atoms with van der Waals surface area (Å²) in [6.07, 6.45) is 2.37. The van der Waals surface area contributed by atoms with E-state index < -0.39 is 23.1 Å². The van der Waals surface area contributed by atoms with Gasteiger partial charge in [0.1, 0.15) is 23.2 Å². The van der Waals surface area contributed by atoms with Crippen LogP contribution in [-0.2, 0) is 26.3 Å². The molecule has 0 saturated heterocycles. The van der Waals surface area contributed by atoms with Gasteiger partial charge in [-0.1, -0.05) is 13.0 Å².